The van der Waals surface area contributed by atoms with Crippen LogP contribution < -0.4 is 9.92 Å². The van der Waals surface area contributed by atoms with Crippen molar-refractivity contribution in [3.63, 3.8) is 0 Å². The molecule has 0 amide bonds. The summed E-state index contributed by atoms with van der Waals surface area (Å²) in [5.41, 5.74) is -0.258. The van der Waals surface area contributed by atoms with Gasteiger partial charge in [-0.15, -0.1) is 0 Å². The standard InChI is InChI=1S/C25H38O6Si/c1-5-16-28-32(29-17-6-2,30-18-7-3)24-15-11-10-14-23(24)31-25(4,20-26)19-21-12-8-9-13-22(21)27/h8-15,26-27H,5-7,16-20H2,1-4H3. The summed E-state index contributed by atoms with van der Waals surface area (Å²) in [5, 5.41) is 21.2. The number of hydrogen-bond acceptors (Lipinski definition) is 6. The minimum Gasteiger partial charge on any atom is -0.508 e. The Hall–Kier alpha value is -1.90. The minimum absolute atomic E-state index is 0.177. The Balaban J connectivity index is 2.44. The lowest BCUT2D eigenvalue weighted by molar-refractivity contribution is 0.0240. The van der Waals surface area contributed by atoms with E-state index in [4.69, 9.17) is 18.0 Å². The van der Waals surface area contributed by atoms with Crippen molar-refractivity contribution in [1.82, 2.24) is 0 Å². The minimum atomic E-state index is -3.25. The molecule has 2 aromatic carbocycles. The van der Waals surface area contributed by atoms with Crippen molar-refractivity contribution >= 4 is 14.0 Å². The van der Waals surface area contributed by atoms with E-state index in [-0.39, 0.29) is 12.4 Å². The number of aliphatic hydroxyl groups excluding tert-OH is 1. The first-order chi connectivity index (χ1) is 15.4. The van der Waals surface area contributed by atoms with Gasteiger partial charge in [-0.1, -0.05) is 57.2 Å². The molecule has 2 N–H and O–H groups in total. The molecule has 0 saturated carbocycles. The van der Waals surface area contributed by atoms with Crippen LogP contribution in [0.25, 0.3) is 0 Å². The third kappa shape index (κ3) is 7.05. The van der Waals surface area contributed by atoms with Gasteiger partial charge in [-0.25, -0.2) is 0 Å². The Bertz CT molecular complexity index is 793. The van der Waals surface area contributed by atoms with E-state index in [0.29, 0.717) is 37.6 Å². The number of para-hydroxylation sites is 2. The number of benzene rings is 2. The van der Waals surface area contributed by atoms with E-state index in [1.54, 1.807) is 12.1 Å². The molecule has 0 saturated heterocycles. The van der Waals surface area contributed by atoms with Gasteiger partial charge in [0, 0.05) is 26.2 Å². The smallest absolute Gasteiger partial charge is 0.508 e. The number of phenolic OH excluding ortho intramolecular Hbond substituents is 1. The monoisotopic (exact) mass is 462 g/mol. The first kappa shape index (κ1) is 26.4. The summed E-state index contributed by atoms with van der Waals surface area (Å²) in [4.78, 5) is 0. The van der Waals surface area contributed by atoms with Gasteiger partial charge in [0.2, 0.25) is 0 Å². The first-order valence-corrected chi connectivity index (χ1v) is 13.2. The normalized spacial score (nSPS) is 13.7. The molecule has 32 heavy (non-hydrogen) atoms. The van der Waals surface area contributed by atoms with Gasteiger partial charge in [-0.2, -0.15) is 0 Å². The molecule has 2 aromatic rings. The second-order valence-corrected chi connectivity index (χ2v) is 10.6. The van der Waals surface area contributed by atoms with Crippen molar-refractivity contribution < 1.29 is 28.2 Å². The Kier molecular flexibility index (Phi) is 10.7. The predicted octanol–water partition coefficient (Wildman–Crippen LogP) is 4.19. The fourth-order valence-electron chi connectivity index (χ4n) is 3.33. The molecule has 0 aliphatic rings. The third-order valence-electron chi connectivity index (χ3n) is 4.95. The summed E-state index contributed by atoms with van der Waals surface area (Å²) < 4.78 is 25.3. The van der Waals surface area contributed by atoms with E-state index in [0.717, 1.165) is 24.4 Å². The lowest BCUT2D eigenvalue weighted by Gasteiger charge is -2.34. The molecule has 0 heterocycles. The summed E-state index contributed by atoms with van der Waals surface area (Å²) in [7, 11) is -3.25. The van der Waals surface area contributed by atoms with E-state index < -0.39 is 14.4 Å². The highest BCUT2D eigenvalue weighted by molar-refractivity contribution is 6.76. The lowest BCUT2D eigenvalue weighted by Crippen LogP contribution is -2.58. The number of hydrogen-bond donors (Lipinski definition) is 2. The molecule has 0 aromatic heterocycles. The molecule has 0 fully saturated rings. The highest BCUT2D eigenvalue weighted by Crippen LogP contribution is 2.27. The number of phenols is 1. The van der Waals surface area contributed by atoms with E-state index in [2.05, 4.69) is 20.8 Å². The van der Waals surface area contributed by atoms with Crippen molar-refractivity contribution in [1.29, 1.82) is 0 Å². The van der Waals surface area contributed by atoms with Crippen molar-refractivity contribution in [3.8, 4) is 11.5 Å². The van der Waals surface area contributed by atoms with Gasteiger partial charge < -0.3 is 28.2 Å². The average molecular weight is 463 g/mol. The van der Waals surface area contributed by atoms with Crippen LogP contribution >= 0.6 is 0 Å². The number of rotatable bonds is 15. The molecular weight excluding hydrogens is 424 g/mol. The highest BCUT2D eigenvalue weighted by Gasteiger charge is 2.47. The van der Waals surface area contributed by atoms with Gasteiger partial charge in [0.1, 0.15) is 17.1 Å². The van der Waals surface area contributed by atoms with Crippen LogP contribution in [0.1, 0.15) is 52.5 Å². The lowest BCUT2D eigenvalue weighted by atomic mass is 9.96. The number of ether oxygens (including phenoxy) is 1. The third-order valence-corrected chi connectivity index (χ3v) is 7.78. The van der Waals surface area contributed by atoms with E-state index >= 15 is 0 Å². The Labute approximate surface area is 193 Å². The molecule has 1 atom stereocenters. The molecule has 0 aliphatic carbocycles. The van der Waals surface area contributed by atoms with Crippen LogP contribution in [0.4, 0.5) is 0 Å². The topological polar surface area (TPSA) is 77.4 Å². The molecule has 0 radical (unpaired) electrons. The van der Waals surface area contributed by atoms with E-state index in [1.165, 1.54) is 0 Å². The molecule has 0 aliphatic heterocycles. The van der Waals surface area contributed by atoms with Gasteiger partial charge in [0.25, 0.3) is 0 Å². The van der Waals surface area contributed by atoms with Crippen LogP contribution in [-0.4, -0.2) is 51.0 Å². The summed E-state index contributed by atoms with van der Waals surface area (Å²) in [6.45, 7) is 9.30. The quantitative estimate of drug-likeness (QED) is 0.387. The molecule has 0 spiro atoms. The second-order valence-electron chi connectivity index (χ2n) is 8.11. The zero-order valence-corrected chi connectivity index (χ0v) is 20.8. The Morgan fingerprint density at radius 3 is 1.88 bits per heavy atom. The zero-order valence-electron chi connectivity index (χ0n) is 19.8. The molecular formula is C25H38O6Si. The highest BCUT2D eigenvalue weighted by atomic mass is 28.4. The maximum atomic E-state index is 10.2. The maximum absolute atomic E-state index is 10.2. The predicted molar refractivity (Wildman–Crippen MR) is 128 cm³/mol. The molecule has 0 bridgehead atoms. The van der Waals surface area contributed by atoms with Crippen LogP contribution in [0, 0.1) is 0 Å². The van der Waals surface area contributed by atoms with Crippen LogP contribution in [-0.2, 0) is 19.7 Å². The average Bonchev–Trinajstić information content (AvgIpc) is 2.81. The van der Waals surface area contributed by atoms with E-state index in [9.17, 15) is 10.2 Å². The molecule has 178 valence electrons. The number of aliphatic hydroxyl groups is 1. The summed E-state index contributed by atoms with van der Waals surface area (Å²) in [5.74, 6) is 0.742. The molecule has 1 unspecified atom stereocenters. The van der Waals surface area contributed by atoms with Crippen LogP contribution in [0.5, 0.6) is 11.5 Å². The Morgan fingerprint density at radius 2 is 1.34 bits per heavy atom. The fourth-order valence-corrected chi connectivity index (χ4v) is 6.20. The van der Waals surface area contributed by atoms with E-state index in [1.807, 2.05) is 43.3 Å². The van der Waals surface area contributed by atoms with Crippen LogP contribution in [0.3, 0.4) is 0 Å². The van der Waals surface area contributed by atoms with Gasteiger partial charge >= 0.3 is 8.80 Å². The first-order valence-electron chi connectivity index (χ1n) is 11.5. The van der Waals surface area contributed by atoms with Crippen LogP contribution in [0.2, 0.25) is 0 Å². The summed E-state index contributed by atoms with van der Waals surface area (Å²) in [6.07, 6.45) is 2.85. The molecule has 2 rings (SSSR count). The van der Waals surface area contributed by atoms with Crippen molar-refractivity contribution in [3.05, 3.63) is 54.1 Å². The maximum Gasteiger partial charge on any atom is 0.541 e. The fraction of sp³-hybridized carbons (Fsp3) is 0.520. The van der Waals surface area contributed by atoms with Gasteiger partial charge in [0.15, 0.2) is 0 Å². The zero-order chi connectivity index (χ0) is 23.5. The molecule has 6 nitrogen and oxygen atoms in total. The SMILES string of the molecule is CCCO[Si](OCCC)(OCCC)c1ccccc1OC(C)(CO)Cc1ccccc1O. The van der Waals surface area contributed by atoms with Crippen LogP contribution in [0.15, 0.2) is 48.5 Å². The van der Waals surface area contributed by atoms with Crippen molar-refractivity contribution in [2.24, 2.45) is 0 Å². The Morgan fingerprint density at radius 1 is 0.812 bits per heavy atom. The van der Waals surface area contributed by atoms with Gasteiger partial charge in [-0.05, 0) is 43.9 Å². The van der Waals surface area contributed by atoms with Gasteiger partial charge in [-0.3, -0.25) is 0 Å². The summed E-state index contributed by atoms with van der Waals surface area (Å²) in [6, 6.07) is 14.7. The number of aromatic hydroxyl groups is 1. The van der Waals surface area contributed by atoms with Crippen molar-refractivity contribution in [2.45, 2.75) is 59.0 Å². The van der Waals surface area contributed by atoms with Crippen molar-refractivity contribution in [2.75, 3.05) is 26.4 Å². The van der Waals surface area contributed by atoms with Gasteiger partial charge in [0.05, 0.1) is 11.8 Å². The largest absolute Gasteiger partial charge is 0.541 e. The summed E-state index contributed by atoms with van der Waals surface area (Å²) >= 11 is 0. The second kappa shape index (κ2) is 13.0. The molecule has 7 heteroatoms.